The summed E-state index contributed by atoms with van der Waals surface area (Å²) in [5.41, 5.74) is 2.63. The summed E-state index contributed by atoms with van der Waals surface area (Å²) in [5.74, 6) is -0.328. The smallest absolute Gasteiger partial charge is 0.351 e. The zero-order valence-corrected chi connectivity index (χ0v) is 23.8. The molecule has 3 rings (SSSR count). The van der Waals surface area contributed by atoms with E-state index in [1.54, 1.807) is 0 Å². The third kappa shape index (κ3) is 11.5. The first-order valence-electron chi connectivity index (χ1n) is 12.5. The van der Waals surface area contributed by atoms with Crippen molar-refractivity contribution >= 4 is 32.4 Å². The van der Waals surface area contributed by atoms with Crippen molar-refractivity contribution in [3.63, 3.8) is 0 Å². The molecule has 1 amide bonds. The molecule has 0 aliphatic rings. The second-order valence-corrected chi connectivity index (χ2v) is 10.5. The zero-order chi connectivity index (χ0) is 28.1. The van der Waals surface area contributed by atoms with Crippen LogP contribution in [0.15, 0.2) is 71.6 Å². The fourth-order valence-corrected chi connectivity index (χ4v) is 4.93. The maximum Gasteiger partial charge on any atom is 0.416 e. The van der Waals surface area contributed by atoms with E-state index in [4.69, 9.17) is 0 Å². The first kappa shape index (κ1) is 31.8. The number of alkyl halides is 3. The van der Waals surface area contributed by atoms with Gasteiger partial charge in [0.1, 0.15) is 5.82 Å². The summed E-state index contributed by atoms with van der Waals surface area (Å²) in [5, 5.41) is 3.76. The Balaban J connectivity index is 0.000000328. The Bertz CT molecular complexity index is 1140. The van der Waals surface area contributed by atoms with Crippen molar-refractivity contribution in [1.29, 1.82) is 0 Å². The van der Waals surface area contributed by atoms with Crippen molar-refractivity contribution in [1.82, 2.24) is 10.0 Å². The van der Waals surface area contributed by atoms with Crippen LogP contribution >= 0.6 is 21.2 Å². The van der Waals surface area contributed by atoms with E-state index in [1.165, 1.54) is 41.8 Å². The highest BCUT2D eigenvalue weighted by Gasteiger charge is 2.29. The minimum Gasteiger partial charge on any atom is -0.351 e. The van der Waals surface area contributed by atoms with Gasteiger partial charge >= 0.3 is 6.18 Å². The first-order chi connectivity index (χ1) is 18.0. The van der Waals surface area contributed by atoms with Crippen molar-refractivity contribution in [3.05, 3.63) is 94.8 Å². The topological polar surface area (TPSA) is 41.1 Å². The van der Waals surface area contributed by atoms with Gasteiger partial charge in [-0.3, -0.25) is 4.79 Å². The van der Waals surface area contributed by atoms with E-state index < -0.39 is 11.7 Å². The summed E-state index contributed by atoms with van der Waals surface area (Å²) in [6, 6.07) is 17.8. The summed E-state index contributed by atoms with van der Waals surface area (Å²) in [6.07, 6.45) is -0.835. The van der Waals surface area contributed by atoms with Gasteiger partial charge in [-0.1, -0.05) is 68.7 Å². The molecule has 9 heteroatoms. The molecule has 38 heavy (non-hydrogen) atoms. The molecular formula is C29H35F4N2OPS. The molecule has 0 radical (unpaired) electrons. The van der Waals surface area contributed by atoms with E-state index in [1.807, 2.05) is 45.0 Å². The average Bonchev–Trinajstić information content (AvgIpc) is 2.85. The van der Waals surface area contributed by atoms with Crippen molar-refractivity contribution in [3.8, 4) is 0 Å². The third-order valence-corrected chi connectivity index (χ3v) is 6.68. The van der Waals surface area contributed by atoms with Crippen molar-refractivity contribution in [2.24, 2.45) is 0 Å². The fraction of sp³-hybridized carbons (Fsp3) is 0.345. The van der Waals surface area contributed by atoms with Crippen LogP contribution in [0.5, 0.6) is 0 Å². The largest absolute Gasteiger partial charge is 0.416 e. The van der Waals surface area contributed by atoms with Crippen LogP contribution in [0.4, 0.5) is 17.6 Å². The van der Waals surface area contributed by atoms with Gasteiger partial charge in [-0.25, -0.2) is 9.11 Å². The van der Waals surface area contributed by atoms with Gasteiger partial charge in [-0.15, -0.1) is 9.24 Å². The summed E-state index contributed by atoms with van der Waals surface area (Å²) in [7, 11) is 2.49. The number of amides is 1. The minimum atomic E-state index is -4.22. The zero-order valence-electron chi connectivity index (χ0n) is 21.9. The van der Waals surface area contributed by atoms with Crippen molar-refractivity contribution in [2.75, 3.05) is 0 Å². The predicted octanol–water partition coefficient (Wildman–Crippen LogP) is 7.37. The third-order valence-electron chi connectivity index (χ3n) is 5.48. The lowest BCUT2D eigenvalue weighted by Crippen LogP contribution is -2.41. The van der Waals surface area contributed by atoms with Crippen LogP contribution in [0.3, 0.4) is 0 Å². The number of hydrogen-bond donors (Lipinski definition) is 2. The molecule has 0 saturated carbocycles. The molecule has 3 aromatic carbocycles. The molecule has 0 heterocycles. The monoisotopic (exact) mass is 566 g/mol. The molecule has 0 spiro atoms. The highest BCUT2D eigenvalue weighted by molar-refractivity contribution is 7.97. The normalized spacial score (nSPS) is 11.9. The number of carbonyl (C=O) groups is 1. The molecule has 3 aromatic rings. The Hall–Kier alpha value is -2.41. The second-order valence-electron chi connectivity index (χ2n) is 8.93. The molecule has 0 saturated heterocycles. The SMILES string of the molecule is CCCC(NSc1cc(F)cc(P)c1)C(=O)NCc1cccc(C)c1.CCCc1ccc(C(F)(F)F)cc1. The number of nitrogens with one attached hydrogen (secondary N) is 2. The Kier molecular flexibility index (Phi) is 13.3. The summed E-state index contributed by atoms with van der Waals surface area (Å²) in [6.45, 7) is 6.57. The van der Waals surface area contributed by atoms with E-state index in [-0.39, 0.29) is 17.8 Å². The number of hydrogen-bond acceptors (Lipinski definition) is 3. The molecule has 3 nitrogen and oxygen atoms in total. The number of rotatable bonds is 10. The van der Waals surface area contributed by atoms with E-state index in [9.17, 15) is 22.4 Å². The van der Waals surface area contributed by atoms with E-state index >= 15 is 0 Å². The molecule has 0 aliphatic heterocycles. The number of benzene rings is 3. The Labute approximate surface area is 229 Å². The predicted molar refractivity (Wildman–Crippen MR) is 152 cm³/mol. The molecule has 0 bridgehead atoms. The molecule has 2 unspecified atom stereocenters. The Morgan fingerprint density at radius 3 is 2.26 bits per heavy atom. The number of aryl methyl sites for hydroxylation is 2. The Morgan fingerprint density at radius 1 is 0.974 bits per heavy atom. The van der Waals surface area contributed by atoms with Crippen LogP contribution in [0.25, 0.3) is 0 Å². The van der Waals surface area contributed by atoms with E-state index in [0.29, 0.717) is 6.54 Å². The lowest BCUT2D eigenvalue weighted by molar-refractivity contribution is -0.137. The maximum atomic E-state index is 13.5. The minimum absolute atomic E-state index is 0.0432. The average molecular weight is 567 g/mol. The van der Waals surface area contributed by atoms with E-state index in [2.05, 4.69) is 25.3 Å². The second kappa shape index (κ2) is 15.9. The lowest BCUT2D eigenvalue weighted by Gasteiger charge is -2.17. The Morgan fingerprint density at radius 2 is 1.68 bits per heavy atom. The molecule has 2 atom stereocenters. The van der Waals surface area contributed by atoms with Gasteiger partial charge in [0.2, 0.25) is 5.91 Å². The molecule has 0 aliphatic carbocycles. The maximum absolute atomic E-state index is 13.5. The van der Waals surface area contributed by atoms with E-state index in [0.717, 1.165) is 59.1 Å². The van der Waals surface area contributed by atoms with Gasteiger partial charge in [0.05, 0.1) is 11.6 Å². The van der Waals surface area contributed by atoms with Crippen LogP contribution in [-0.4, -0.2) is 11.9 Å². The fourth-order valence-electron chi connectivity index (χ4n) is 3.60. The number of halogens is 4. The quantitative estimate of drug-likeness (QED) is 0.153. The molecule has 0 fully saturated rings. The summed E-state index contributed by atoms with van der Waals surface area (Å²) >= 11 is 1.29. The molecule has 206 valence electrons. The van der Waals surface area contributed by atoms with Gasteiger partial charge in [0, 0.05) is 11.4 Å². The number of carbonyl (C=O) groups excluding carboxylic acids is 1. The van der Waals surface area contributed by atoms with Crippen molar-refractivity contribution in [2.45, 2.75) is 70.1 Å². The van der Waals surface area contributed by atoms with Crippen LogP contribution in [0, 0.1) is 12.7 Å². The van der Waals surface area contributed by atoms with Crippen LogP contribution in [0.2, 0.25) is 0 Å². The standard InChI is InChI=1S/C19H24FN2OPS.C10H11F3/c1-3-5-18(22-25-17-10-15(20)9-16(24)11-17)19(23)21-12-14-7-4-6-13(2)8-14;1-2-3-8-4-6-9(7-5-8)10(11,12)13/h4,6-11,18,22H,3,5,12,24H2,1-2H3,(H,21,23);4-7H,2-3H2,1H3. The first-order valence-corrected chi connectivity index (χ1v) is 13.9. The van der Waals surface area contributed by atoms with Crippen LogP contribution in [-0.2, 0) is 23.9 Å². The van der Waals surface area contributed by atoms with Gasteiger partial charge in [-0.05, 0) is 78.5 Å². The highest BCUT2D eigenvalue weighted by Crippen LogP contribution is 2.29. The van der Waals surface area contributed by atoms with Crippen LogP contribution in [0.1, 0.15) is 55.4 Å². The summed E-state index contributed by atoms with van der Waals surface area (Å²) < 4.78 is 53.0. The van der Waals surface area contributed by atoms with Gasteiger partial charge in [0.15, 0.2) is 0 Å². The summed E-state index contributed by atoms with van der Waals surface area (Å²) in [4.78, 5) is 13.2. The lowest BCUT2D eigenvalue weighted by atomic mass is 10.1. The van der Waals surface area contributed by atoms with Gasteiger partial charge < -0.3 is 5.32 Å². The van der Waals surface area contributed by atoms with Gasteiger partial charge in [-0.2, -0.15) is 13.2 Å². The highest BCUT2D eigenvalue weighted by atomic mass is 32.2. The molecule has 2 N–H and O–H groups in total. The molecular weight excluding hydrogens is 531 g/mol. The van der Waals surface area contributed by atoms with Crippen molar-refractivity contribution < 1.29 is 22.4 Å². The van der Waals surface area contributed by atoms with Gasteiger partial charge in [0.25, 0.3) is 0 Å². The molecule has 0 aromatic heterocycles. The van der Waals surface area contributed by atoms with Crippen LogP contribution < -0.4 is 15.3 Å².